The Balaban J connectivity index is 1.41. The lowest BCUT2D eigenvalue weighted by atomic mass is 9.99. The number of rotatable bonds is 6. The van der Waals surface area contributed by atoms with Crippen LogP contribution in [0, 0.1) is 0 Å². The Morgan fingerprint density at radius 1 is 0.967 bits per heavy atom. The van der Waals surface area contributed by atoms with E-state index in [1.807, 2.05) is 36.3 Å². The van der Waals surface area contributed by atoms with E-state index in [2.05, 4.69) is 19.6 Å². The number of fused-ring (bicyclic) bond motifs is 1. The topological polar surface area (TPSA) is 41.1 Å². The molecule has 30 heavy (non-hydrogen) atoms. The lowest BCUT2D eigenvalue weighted by Gasteiger charge is -2.32. The highest BCUT2D eigenvalue weighted by Crippen LogP contribution is 2.38. The molecule has 0 spiro atoms. The molecule has 7 heteroatoms. The maximum Gasteiger partial charge on any atom is 0.265 e. The number of piperidine rings is 1. The van der Waals surface area contributed by atoms with E-state index in [0.717, 1.165) is 53.2 Å². The molecule has 1 saturated heterocycles. The van der Waals surface area contributed by atoms with Crippen molar-refractivity contribution in [3.05, 3.63) is 54.6 Å². The number of nitrogens with zero attached hydrogens (tertiary/aromatic N) is 3. The van der Waals surface area contributed by atoms with Crippen LogP contribution in [0.4, 0.5) is 14.5 Å². The van der Waals surface area contributed by atoms with Crippen molar-refractivity contribution < 1.29 is 8.78 Å². The van der Waals surface area contributed by atoms with Gasteiger partial charge in [0.1, 0.15) is 0 Å². The van der Waals surface area contributed by atoms with Gasteiger partial charge in [0.15, 0.2) is 0 Å². The van der Waals surface area contributed by atoms with Crippen LogP contribution in [0.1, 0.15) is 37.7 Å². The summed E-state index contributed by atoms with van der Waals surface area (Å²) in [5.41, 5.74) is 2.53. The van der Waals surface area contributed by atoms with Gasteiger partial charge < -0.3 is 5.32 Å². The van der Waals surface area contributed by atoms with Crippen LogP contribution < -0.4 is 5.32 Å². The molecule has 1 aromatic carbocycles. The quantitative estimate of drug-likeness (QED) is 0.496. The van der Waals surface area contributed by atoms with E-state index in [1.165, 1.54) is 25.1 Å². The highest BCUT2D eigenvalue weighted by atomic mass is 32.2. The van der Waals surface area contributed by atoms with Crippen molar-refractivity contribution in [3.8, 4) is 11.1 Å². The molecule has 0 amide bonds. The van der Waals surface area contributed by atoms with Gasteiger partial charge in [-0.2, -0.15) is 0 Å². The molecule has 3 heterocycles. The third kappa shape index (κ3) is 4.42. The number of alkyl halides is 2. The highest BCUT2D eigenvalue weighted by Gasteiger charge is 2.28. The molecule has 4 nitrogen and oxygen atoms in total. The Labute approximate surface area is 179 Å². The number of nitrogens with one attached hydrogen (secondary N) is 1. The molecule has 0 atom stereocenters. The first-order valence-electron chi connectivity index (χ1n) is 10.5. The number of pyridine rings is 2. The fraction of sp³-hybridized carbons (Fsp3) is 0.391. The van der Waals surface area contributed by atoms with E-state index in [-0.39, 0.29) is 5.56 Å². The smallest absolute Gasteiger partial charge is 0.265 e. The predicted molar refractivity (Wildman–Crippen MR) is 119 cm³/mol. The van der Waals surface area contributed by atoms with Crippen LogP contribution in [0.25, 0.3) is 21.9 Å². The number of halogens is 2. The van der Waals surface area contributed by atoms with Crippen molar-refractivity contribution in [3.63, 3.8) is 0 Å². The molecule has 3 aromatic rings. The molecular formula is C23H24F2N4S. The van der Waals surface area contributed by atoms with Crippen molar-refractivity contribution in [1.82, 2.24) is 14.3 Å². The molecule has 1 aliphatic carbocycles. The molecule has 2 fully saturated rings. The van der Waals surface area contributed by atoms with Gasteiger partial charge >= 0.3 is 0 Å². The third-order valence-electron chi connectivity index (χ3n) is 5.74. The van der Waals surface area contributed by atoms with Crippen LogP contribution in [0.2, 0.25) is 0 Å². The first-order chi connectivity index (χ1) is 14.7. The summed E-state index contributed by atoms with van der Waals surface area (Å²) in [6, 6.07) is 7.94. The fourth-order valence-corrected chi connectivity index (χ4v) is 5.12. The lowest BCUT2D eigenvalue weighted by molar-refractivity contribution is 0.151. The predicted octanol–water partition coefficient (Wildman–Crippen LogP) is 5.92. The monoisotopic (exact) mass is 426 g/mol. The minimum absolute atomic E-state index is 0.0580. The Morgan fingerprint density at radius 2 is 1.80 bits per heavy atom. The zero-order valence-corrected chi connectivity index (χ0v) is 17.4. The molecule has 1 N–H and O–H groups in total. The second kappa shape index (κ2) is 8.47. The van der Waals surface area contributed by atoms with E-state index in [4.69, 9.17) is 0 Å². The van der Waals surface area contributed by atoms with E-state index < -0.39 is 6.43 Å². The molecule has 5 rings (SSSR count). The lowest BCUT2D eigenvalue weighted by Crippen LogP contribution is -2.35. The standard InChI is InChI=1S/C23H24F2N4S/c24-23(25)18-10-17(12-27-13-18)16-9-15-3-6-26-14-21(15)22(11-16)28-19-4-7-29(8-5-19)30-20-1-2-20/h3,6,9-14,19-20,23,28H,1-2,4-5,7-8H2. The summed E-state index contributed by atoms with van der Waals surface area (Å²) in [6.45, 7) is 2.18. The van der Waals surface area contributed by atoms with Gasteiger partial charge in [-0.3, -0.25) is 14.3 Å². The molecule has 0 unspecified atom stereocenters. The molecule has 1 saturated carbocycles. The summed E-state index contributed by atoms with van der Waals surface area (Å²) in [7, 11) is 0. The second-order valence-electron chi connectivity index (χ2n) is 8.08. The van der Waals surface area contributed by atoms with Crippen molar-refractivity contribution in [2.75, 3.05) is 18.4 Å². The van der Waals surface area contributed by atoms with Gasteiger partial charge in [-0.05, 0) is 60.9 Å². The van der Waals surface area contributed by atoms with E-state index in [9.17, 15) is 8.78 Å². The van der Waals surface area contributed by atoms with Gasteiger partial charge in [-0.1, -0.05) is 11.9 Å². The van der Waals surface area contributed by atoms with Crippen LogP contribution in [-0.2, 0) is 0 Å². The van der Waals surface area contributed by atoms with E-state index >= 15 is 0 Å². The van der Waals surface area contributed by atoms with E-state index in [0.29, 0.717) is 11.6 Å². The summed E-state index contributed by atoms with van der Waals surface area (Å²) in [5, 5.41) is 6.65. The summed E-state index contributed by atoms with van der Waals surface area (Å²) in [4.78, 5) is 8.32. The minimum Gasteiger partial charge on any atom is -0.382 e. The molecule has 0 bridgehead atoms. The van der Waals surface area contributed by atoms with Gasteiger partial charge in [0, 0.05) is 71.4 Å². The van der Waals surface area contributed by atoms with E-state index in [1.54, 1.807) is 12.4 Å². The van der Waals surface area contributed by atoms with Crippen molar-refractivity contribution >= 4 is 28.4 Å². The van der Waals surface area contributed by atoms with Crippen LogP contribution in [0.15, 0.2) is 49.1 Å². The fourth-order valence-electron chi connectivity index (χ4n) is 3.93. The summed E-state index contributed by atoms with van der Waals surface area (Å²) >= 11 is 2.03. The zero-order valence-electron chi connectivity index (χ0n) is 16.6. The Kier molecular flexibility index (Phi) is 5.56. The Bertz CT molecular complexity index is 1030. The highest BCUT2D eigenvalue weighted by molar-refractivity contribution is 7.97. The van der Waals surface area contributed by atoms with Gasteiger partial charge in [0.2, 0.25) is 0 Å². The third-order valence-corrected chi connectivity index (χ3v) is 7.17. The molecule has 156 valence electrons. The maximum absolute atomic E-state index is 13.2. The summed E-state index contributed by atoms with van der Waals surface area (Å²) in [5.74, 6) is 0. The van der Waals surface area contributed by atoms with Crippen molar-refractivity contribution in [2.24, 2.45) is 0 Å². The van der Waals surface area contributed by atoms with Gasteiger partial charge in [0.05, 0.1) is 0 Å². The molecule has 2 aliphatic rings. The first-order valence-corrected chi connectivity index (χ1v) is 11.3. The number of hydrogen-bond acceptors (Lipinski definition) is 5. The average Bonchev–Trinajstić information content (AvgIpc) is 3.59. The molecular weight excluding hydrogens is 402 g/mol. The maximum atomic E-state index is 13.2. The first kappa shape index (κ1) is 19.7. The normalized spacial score (nSPS) is 18.2. The summed E-state index contributed by atoms with van der Waals surface area (Å²) < 4.78 is 28.8. The number of anilines is 1. The minimum atomic E-state index is -2.53. The Morgan fingerprint density at radius 3 is 2.57 bits per heavy atom. The number of benzene rings is 1. The zero-order chi connectivity index (χ0) is 20.5. The van der Waals surface area contributed by atoms with Crippen LogP contribution >= 0.6 is 11.9 Å². The SMILES string of the molecule is FC(F)c1cncc(-c2cc(NC3CCN(SC4CC4)CC3)c3cnccc3c2)c1. The van der Waals surface area contributed by atoms with Crippen LogP contribution in [-0.4, -0.2) is 38.7 Å². The van der Waals surface area contributed by atoms with Gasteiger partial charge in [-0.25, -0.2) is 8.78 Å². The number of hydrogen-bond donors (Lipinski definition) is 1. The van der Waals surface area contributed by atoms with Crippen molar-refractivity contribution in [1.29, 1.82) is 0 Å². The molecule has 0 radical (unpaired) electrons. The van der Waals surface area contributed by atoms with Gasteiger partial charge in [0.25, 0.3) is 6.43 Å². The average molecular weight is 427 g/mol. The summed E-state index contributed by atoms with van der Waals surface area (Å²) in [6.07, 6.45) is 8.87. The molecule has 1 aliphatic heterocycles. The van der Waals surface area contributed by atoms with Crippen molar-refractivity contribution in [2.45, 2.75) is 43.4 Å². The van der Waals surface area contributed by atoms with Crippen LogP contribution in [0.3, 0.4) is 0 Å². The largest absolute Gasteiger partial charge is 0.382 e. The molecule has 2 aromatic heterocycles. The number of aromatic nitrogens is 2. The Hall–Kier alpha value is -2.25. The second-order valence-corrected chi connectivity index (χ2v) is 9.47. The van der Waals surface area contributed by atoms with Gasteiger partial charge in [-0.15, -0.1) is 0 Å². The van der Waals surface area contributed by atoms with Crippen LogP contribution in [0.5, 0.6) is 0 Å².